The van der Waals surface area contributed by atoms with Gasteiger partial charge in [0.1, 0.15) is 11.8 Å². The van der Waals surface area contributed by atoms with Gasteiger partial charge in [0.15, 0.2) is 0 Å². The van der Waals surface area contributed by atoms with Gasteiger partial charge in [0, 0.05) is 55.3 Å². The van der Waals surface area contributed by atoms with Crippen LogP contribution in [0.5, 0.6) is 5.88 Å². The number of hydrogen-bond acceptors (Lipinski definition) is 6. The van der Waals surface area contributed by atoms with Crippen molar-refractivity contribution in [3.63, 3.8) is 0 Å². The summed E-state index contributed by atoms with van der Waals surface area (Å²) in [5.74, 6) is 0.0335. The fraction of sp³-hybridized carbons (Fsp3) is 0.174. The van der Waals surface area contributed by atoms with Crippen molar-refractivity contribution < 1.29 is 4.74 Å². The first-order valence-corrected chi connectivity index (χ1v) is 10.1. The first kappa shape index (κ1) is 19.7. The topological polar surface area (TPSA) is 92.7 Å². The van der Waals surface area contributed by atoms with Gasteiger partial charge >= 0.3 is 0 Å². The van der Waals surface area contributed by atoms with Gasteiger partial charge in [-0.2, -0.15) is 10.2 Å². The van der Waals surface area contributed by atoms with Crippen molar-refractivity contribution in [3.8, 4) is 22.7 Å². The van der Waals surface area contributed by atoms with Crippen LogP contribution in [0, 0.1) is 0 Å². The third-order valence-electron chi connectivity index (χ3n) is 5.23. The molecule has 4 heterocycles. The minimum atomic E-state index is -0.383. The van der Waals surface area contributed by atoms with E-state index < -0.39 is 0 Å². The summed E-state index contributed by atoms with van der Waals surface area (Å²) in [6.45, 7) is 1.89. The van der Waals surface area contributed by atoms with E-state index in [9.17, 15) is 4.79 Å². The molecule has 0 aliphatic rings. The largest absolute Gasteiger partial charge is 0.466 e. The normalized spacial score (nSPS) is 12.2. The van der Waals surface area contributed by atoms with E-state index in [4.69, 9.17) is 4.74 Å². The van der Waals surface area contributed by atoms with Gasteiger partial charge in [-0.15, -0.1) is 5.10 Å². The molecule has 160 valence electrons. The van der Waals surface area contributed by atoms with Gasteiger partial charge in [0.2, 0.25) is 5.43 Å². The zero-order valence-corrected chi connectivity index (χ0v) is 17.9. The van der Waals surface area contributed by atoms with Crippen molar-refractivity contribution in [2.24, 2.45) is 14.1 Å². The Hall–Kier alpha value is -4.27. The van der Waals surface area contributed by atoms with Crippen molar-refractivity contribution in [1.82, 2.24) is 34.3 Å². The molecular weight excluding hydrogens is 406 g/mol. The zero-order chi connectivity index (χ0) is 22.2. The van der Waals surface area contributed by atoms with E-state index >= 15 is 0 Å². The number of fused-ring (bicyclic) bond motifs is 1. The molecule has 0 saturated carbocycles. The molecule has 32 heavy (non-hydrogen) atoms. The maximum Gasteiger partial charge on any atom is 0.280 e. The summed E-state index contributed by atoms with van der Waals surface area (Å²) in [6.07, 6.45) is 10.3. The van der Waals surface area contributed by atoms with Crippen LogP contribution in [0.1, 0.15) is 18.6 Å². The number of rotatable bonds is 5. The fourth-order valence-corrected chi connectivity index (χ4v) is 3.51. The Morgan fingerprint density at radius 3 is 2.50 bits per heavy atom. The molecular formula is C23H21N7O2. The Bertz CT molecular complexity index is 1480. The first-order chi connectivity index (χ1) is 15.5. The highest BCUT2D eigenvalue weighted by atomic mass is 16.5. The van der Waals surface area contributed by atoms with Gasteiger partial charge < -0.3 is 4.74 Å². The second kappa shape index (κ2) is 7.77. The van der Waals surface area contributed by atoms with Crippen LogP contribution in [0.25, 0.3) is 27.7 Å². The van der Waals surface area contributed by atoms with Crippen LogP contribution in [-0.2, 0) is 14.1 Å². The highest BCUT2D eigenvalue weighted by Gasteiger charge is 2.14. The van der Waals surface area contributed by atoms with Crippen molar-refractivity contribution in [1.29, 1.82) is 0 Å². The van der Waals surface area contributed by atoms with Gasteiger partial charge in [0.05, 0.1) is 24.1 Å². The highest BCUT2D eigenvalue weighted by Crippen LogP contribution is 2.26. The maximum absolute atomic E-state index is 12.4. The summed E-state index contributed by atoms with van der Waals surface area (Å²) in [5, 5.41) is 13.7. The summed E-state index contributed by atoms with van der Waals surface area (Å²) in [4.78, 5) is 16.9. The number of pyridine rings is 1. The second-order valence-corrected chi connectivity index (χ2v) is 7.64. The molecule has 0 saturated heterocycles. The number of aryl methyl sites for hydroxylation is 2. The lowest BCUT2D eigenvalue weighted by molar-refractivity contribution is 0.211. The molecule has 5 rings (SSSR count). The molecule has 0 N–H and O–H groups in total. The Balaban J connectivity index is 1.44. The summed E-state index contributed by atoms with van der Waals surface area (Å²) in [5.41, 5.74) is 4.25. The third-order valence-corrected chi connectivity index (χ3v) is 5.23. The van der Waals surface area contributed by atoms with Gasteiger partial charge in [-0.3, -0.25) is 19.1 Å². The SMILES string of the molecule is CC(Oc1nn(-c2cnn(C)c2)ccc1=O)c1ccc2ncc(-c3cnn(C)c3)cc2c1. The van der Waals surface area contributed by atoms with Gasteiger partial charge in [-0.05, 0) is 30.7 Å². The molecule has 0 amide bonds. The lowest BCUT2D eigenvalue weighted by atomic mass is 10.0. The molecule has 0 fully saturated rings. The monoisotopic (exact) mass is 427 g/mol. The fourth-order valence-electron chi connectivity index (χ4n) is 3.51. The molecule has 1 atom stereocenters. The molecule has 0 bridgehead atoms. The lowest BCUT2D eigenvalue weighted by Crippen LogP contribution is -2.16. The van der Waals surface area contributed by atoms with Crippen LogP contribution in [0.4, 0.5) is 0 Å². The van der Waals surface area contributed by atoms with Crippen LogP contribution < -0.4 is 10.2 Å². The van der Waals surface area contributed by atoms with E-state index in [2.05, 4.69) is 26.3 Å². The summed E-state index contributed by atoms with van der Waals surface area (Å²) in [6, 6.07) is 9.43. The van der Waals surface area contributed by atoms with Crippen molar-refractivity contribution >= 4 is 10.9 Å². The lowest BCUT2D eigenvalue weighted by Gasteiger charge is -2.15. The van der Waals surface area contributed by atoms with E-state index in [1.54, 1.807) is 32.6 Å². The van der Waals surface area contributed by atoms with Crippen molar-refractivity contribution in [2.75, 3.05) is 0 Å². The number of aromatic nitrogens is 7. The standard InChI is InChI=1S/C23H21N7O2/c1-15(32-23-22(31)6-7-30(27-23)20-12-26-29(3)14-20)16-4-5-21-17(8-16)9-18(10-24-21)19-11-25-28(2)13-19/h4-15H,1-3H3. The molecule has 1 unspecified atom stereocenters. The Labute approximate surface area is 183 Å². The summed E-state index contributed by atoms with van der Waals surface area (Å²) >= 11 is 0. The molecule has 0 spiro atoms. The number of ether oxygens (including phenoxy) is 1. The van der Waals surface area contributed by atoms with Crippen LogP contribution >= 0.6 is 0 Å². The first-order valence-electron chi connectivity index (χ1n) is 10.1. The van der Waals surface area contributed by atoms with Crippen LogP contribution in [0.3, 0.4) is 0 Å². The van der Waals surface area contributed by atoms with Crippen LogP contribution in [0.2, 0.25) is 0 Å². The van der Waals surface area contributed by atoms with Gasteiger partial charge in [0.25, 0.3) is 5.88 Å². The average molecular weight is 427 g/mol. The summed E-state index contributed by atoms with van der Waals surface area (Å²) < 4.78 is 11.0. The van der Waals surface area contributed by atoms with E-state index in [0.29, 0.717) is 0 Å². The van der Waals surface area contributed by atoms with Crippen LogP contribution in [0.15, 0.2) is 72.3 Å². The molecule has 0 aliphatic heterocycles. The van der Waals surface area contributed by atoms with Crippen molar-refractivity contribution in [3.05, 3.63) is 83.3 Å². The zero-order valence-electron chi connectivity index (χ0n) is 17.9. The molecule has 9 nitrogen and oxygen atoms in total. The number of hydrogen-bond donors (Lipinski definition) is 0. The second-order valence-electron chi connectivity index (χ2n) is 7.64. The van der Waals surface area contributed by atoms with Crippen molar-refractivity contribution in [2.45, 2.75) is 13.0 Å². The minimum Gasteiger partial charge on any atom is -0.466 e. The predicted octanol–water partition coefficient (Wildman–Crippen LogP) is 3.05. The highest BCUT2D eigenvalue weighted by molar-refractivity contribution is 5.84. The number of nitrogens with zero attached hydrogens (tertiary/aromatic N) is 7. The Morgan fingerprint density at radius 1 is 0.938 bits per heavy atom. The molecule has 0 radical (unpaired) electrons. The van der Waals surface area contributed by atoms with Crippen LogP contribution in [-0.4, -0.2) is 34.3 Å². The Morgan fingerprint density at radius 2 is 1.75 bits per heavy atom. The molecule has 9 heteroatoms. The van der Waals surface area contributed by atoms with Gasteiger partial charge in [-0.25, -0.2) is 4.68 Å². The smallest absolute Gasteiger partial charge is 0.280 e. The van der Waals surface area contributed by atoms with E-state index in [0.717, 1.165) is 33.3 Å². The average Bonchev–Trinajstić information content (AvgIpc) is 3.42. The molecule has 5 aromatic rings. The summed E-state index contributed by atoms with van der Waals surface area (Å²) in [7, 11) is 3.70. The molecule has 0 aliphatic carbocycles. The van der Waals surface area contributed by atoms with Gasteiger partial charge in [-0.1, -0.05) is 6.07 Å². The molecule has 1 aromatic carbocycles. The van der Waals surface area contributed by atoms with E-state index in [1.807, 2.05) is 57.8 Å². The maximum atomic E-state index is 12.4. The number of benzene rings is 1. The molecule has 4 aromatic heterocycles. The Kier molecular flexibility index (Phi) is 4.78. The van der Waals surface area contributed by atoms with E-state index in [-0.39, 0.29) is 17.4 Å². The van der Waals surface area contributed by atoms with E-state index in [1.165, 1.54) is 6.07 Å². The minimum absolute atomic E-state index is 0.0335. The predicted molar refractivity (Wildman–Crippen MR) is 120 cm³/mol. The quantitative estimate of drug-likeness (QED) is 0.428. The third kappa shape index (κ3) is 3.76.